The number of amides is 1. The van der Waals surface area contributed by atoms with Gasteiger partial charge in [0.15, 0.2) is 0 Å². The molecular formula is C12H22BrNO2. The molecule has 1 aliphatic heterocycles. The van der Waals surface area contributed by atoms with Crippen LogP contribution in [-0.2, 0) is 9.53 Å². The largest absolute Gasteiger partial charge is 0.381 e. The van der Waals surface area contributed by atoms with Crippen LogP contribution in [-0.4, -0.2) is 42.4 Å². The number of carbonyl (C=O) groups excluding carboxylic acids is 1. The summed E-state index contributed by atoms with van der Waals surface area (Å²) in [5, 5.41) is 0.989. The zero-order valence-electron chi connectivity index (χ0n) is 10.1. The lowest BCUT2D eigenvalue weighted by Crippen LogP contribution is -2.35. The molecule has 0 N–H and O–H groups in total. The number of unbranched alkanes of at least 4 members (excludes halogenated alkanes) is 1. The number of hydrogen-bond donors (Lipinski definition) is 0. The number of ether oxygens (including phenoxy) is 1. The van der Waals surface area contributed by atoms with Crippen LogP contribution >= 0.6 is 15.9 Å². The first-order chi connectivity index (χ1) is 7.77. The van der Waals surface area contributed by atoms with Crippen LogP contribution in [0, 0.1) is 5.92 Å². The average Bonchev–Trinajstić information content (AvgIpc) is 2.78. The topological polar surface area (TPSA) is 29.5 Å². The minimum atomic E-state index is 0.301. The highest BCUT2D eigenvalue weighted by Gasteiger charge is 2.20. The van der Waals surface area contributed by atoms with E-state index in [1.165, 1.54) is 0 Å². The molecule has 1 fully saturated rings. The van der Waals surface area contributed by atoms with Gasteiger partial charge in [-0.1, -0.05) is 15.9 Å². The lowest BCUT2D eigenvalue weighted by atomic mass is 10.1. The predicted octanol–water partition coefficient (Wildman–Crippen LogP) is 2.44. The Morgan fingerprint density at radius 1 is 1.50 bits per heavy atom. The molecular weight excluding hydrogens is 270 g/mol. The van der Waals surface area contributed by atoms with Crippen molar-refractivity contribution in [1.82, 2.24) is 4.90 Å². The Balaban J connectivity index is 2.25. The van der Waals surface area contributed by atoms with Crippen LogP contribution in [0.25, 0.3) is 0 Å². The second kappa shape index (κ2) is 8.07. The molecule has 0 spiro atoms. The van der Waals surface area contributed by atoms with Crippen molar-refractivity contribution in [3.8, 4) is 0 Å². The van der Waals surface area contributed by atoms with Crippen molar-refractivity contribution < 1.29 is 9.53 Å². The van der Waals surface area contributed by atoms with Crippen LogP contribution in [0.4, 0.5) is 0 Å². The highest BCUT2D eigenvalue weighted by Crippen LogP contribution is 2.14. The lowest BCUT2D eigenvalue weighted by molar-refractivity contribution is -0.131. The lowest BCUT2D eigenvalue weighted by Gasteiger charge is -2.23. The van der Waals surface area contributed by atoms with Gasteiger partial charge in [-0.15, -0.1) is 0 Å². The van der Waals surface area contributed by atoms with E-state index in [4.69, 9.17) is 4.74 Å². The summed E-state index contributed by atoms with van der Waals surface area (Å²) in [4.78, 5) is 13.9. The maximum absolute atomic E-state index is 11.9. The predicted molar refractivity (Wildman–Crippen MR) is 68.8 cm³/mol. The molecule has 0 aromatic heterocycles. The zero-order valence-corrected chi connectivity index (χ0v) is 11.7. The van der Waals surface area contributed by atoms with Gasteiger partial charge >= 0.3 is 0 Å². The Morgan fingerprint density at radius 3 is 2.88 bits per heavy atom. The Morgan fingerprint density at radius 2 is 2.31 bits per heavy atom. The Labute approximate surface area is 107 Å². The highest BCUT2D eigenvalue weighted by molar-refractivity contribution is 9.09. The van der Waals surface area contributed by atoms with E-state index in [-0.39, 0.29) is 0 Å². The maximum Gasteiger partial charge on any atom is 0.222 e. The number of nitrogens with zero attached hydrogens (tertiary/aromatic N) is 1. The molecule has 94 valence electrons. The summed E-state index contributed by atoms with van der Waals surface area (Å²) in [5.41, 5.74) is 0. The van der Waals surface area contributed by atoms with E-state index in [0.29, 0.717) is 18.2 Å². The third-order valence-corrected chi connectivity index (χ3v) is 3.57. The second-order valence-corrected chi connectivity index (χ2v) is 5.10. The van der Waals surface area contributed by atoms with E-state index in [9.17, 15) is 4.79 Å². The molecule has 4 heteroatoms. The van der Waals surface area contributed by atoms with E-state index in [2.05, 4.69) is 22.9 Å². The number of rotatable bonds is 7. The third kappa shape index (κ3) is 4.83. The van der Waals surface area contributed by atoms with Crippen molar-refractivity contribution in [3.05, 3.63) is 0 Å². The SMILES string of the molecule is CCN(CC1CCOC1)C(=O)CCCCBr. The minimum absolute atomic E-state index is 0.301. The van der Waals surface area contributed by atoms with Gasteiger partial charge in [-0.3, -0.25) is 4.79 Å². The summed E-state index contributed by atoms with van der Waals surface area (Å²) < 4.78 is 5.34. The molecule has 1 heterocycles. The van der Waals surface area contributed by atoms with Crippen LogP contribution in [0.2, 0.25) is 0 Å². The number of halogens is 1. The molecule has 1 aliphatic rings. The molecule has 0 aliphatic carbocycles. The van der Waals surface area contributed by atoms with Crippen molar-refractivity contribution in [2.75, 3.05) is 31.6 Å². The van der Waals surface area contributed by atoms with Gasteiger partial charge in [-0.25, -0.2) is 0 Å². The van der Waals surface area contributed by atoms with Gasteiger partial charge < -0.3 is 9.64 Å². The van der Waals surface area contributed by atoms with Crippen molar-refractivity contribution in [3.63, 3.8) is 0 Å². The number of alkyl halides is 1. The van der Waals surface area contributed by atoms with E-state index >= 15 is 0 Å². The molecule has 1 saturated heterocycles. The fourth-order valence-corrected chi connectivity index (χ4v) is 2.37. The zero-order chi connectivity index (χ0) is 11.8. The van der Waals surface area contributed by atoms with Gasteiger partial charge in [0.2, 0.25) is 5.91 Å². The summed E-state index contributed by atoms with van der Waals surface area (Å²) in [6.07, 6.45) is 3.86. The molecule has 0 aromatic carbocycles. The van der Waals surface area contributed by atoms with Crippen LogP contribution in [0.3, 0.4) is 0 Å². The fourth-order valence-electron chi connectivity index (χ4n) is 1.98. The first kappa shape index (κ1) is 14.0. The van der Waals surface area contributed by atoms with Crippen molar-refractivity contribution in [2.45, 2.75) is 32.6 Å². The van der Waals surface area contributed by atoms with Gasteiger partial charge in [-0.2, -0.15) is 0 Å². The maximum atomic E-state index is 11.9. The second-order valence-electron chi connectivity index (χ2n) is 4.31. The van der Waals surface area contributed by atoms with Crippen molar-refractivity contribution in [1.29, 1.82) is 0 Å². The molecule has 1 atom stereocenters. The van der Waals surface area contributed by atoms with Gasteiger partial charge in [-0.05, 0) is 26.2 Å². The standard InChI is InChI=1S/C12H22BrNO2/c1-2-14(9-11-6-8-16-10-11)12(15)5-3-4-7-13/h11H,2-10H2,1H3. The molecule has 1 unspecified atom stereocenters. The average molecular weight is 292 g/mol. The first-order valence-corrected chi connectivity index (χ1v) is 7.31. The summed E-state index contributed by atoms with van der Waals surface area (Å²) in [7, 11) is 0. The Bertz CT molecular complexity index is 205. The summed E-state index contributed by atoms with van der Waals surface area (Å²) in [6, 6.07) is 0. The van der Waals surface area contributed by atoms with Crippen LogP contribution in [0.15, 0.2) is 0 Å². The summed E-state index contributed by atoms with van der Waals surface area (Å²) in [5.74, 6) is 0.857. The Hall–Kier alpha value is -0.0900. The third-order valence-electron chi connectivity index (χ3n) is 3.01. The Kier molecular flexibility index (Phi) is 7.05. The normalized spacial score (nSPS) is 20.0. The minimum Gasteiger partial charge on any atom is -0.381 e. The summed E-state index contributed by atoms with van der Waals surface area (Å²) >= 11 is 3.38. The van der Waals surface area contributed by atoms with Crippen LogP contribution in [0.5, 0.6) is 0 Å². The van der Waals surface area contributed by atoms with Crippen LogP contribution < -0.4 is 0 Å². The summed E-state index contributed by atoms with van der Waals surface area (Å²) in [6.45, 7) is 5.44. The quantitative estimate of drug-likeness (QED) is 0.533. The molecule has 3 nitrogen and oxygen atoms in total. The highest BCUT2D eigenvalue weighted by atomic mass is 79.9. The van der Waals surface area contributed by atoms with E-state index in [1.807, 2.05) is 4.90 Å². The van der Waals surface area contributed by atoms with E-state index in [0.717, 1.165) is 50.9 Å². The molecule has 16 heavy (non-hydrogen) atoms. The van der Waals surface area contributed by atoms with Gasteiger partial charge in [0.25, 0.3) is 0 Å². The number of carbonyl (C=O) groups is 1. The monoisotopic (exact) mass is 291 g/mol. The van der Waals surface area contributed by atoms with Gasteiger partial charge in [0.05, 0.1) is 6.61 Å². The van der Waals surface area contributed by atoms with Crippen molar-refractivity contribution >= 4 is 21.8 Å². The van der Waals surface area contributed by atoms with Gasteiger partial charge in [0, 0.05) is 37.4 Å². The van der Waals surface area contributed by atoms with E-state index in [1.54, 1.807) is 0 Å². The smallest absolute Gasteiger partial charge is 0.222 e. The van der Waals surface area contributed by atoms with Crippen molar-refractivity contribution in [2.24, 2.45) is 5.92 Å². The van der Waals surface area contributed by atoms with Gasteiger partial charge in [0.1, 0.15) is 0 Å². The molecule has 0 bridgehead atoms. The molecule has 0 radical (unpaired) electrons. The molecule has 0 aromatic rings. The molecule has 0 saturated carbocycles. The van der Waals surface area contributed by atoms with E-state index < -0.39 is 0 Å². The fraction of sp³-hybridized carbons (Fsp3) is 0.917. The number of hydrogen-bond acceptors (Lipinski definition) is 2. The molecule has 1 amide bonds. The first-order valence-electron chi connectivity index (χ1n) is 6.19. The molecule has 1 rings (SSSR count). The van der Waals surface area contributed by atoms with Crippen LogP contribution in [0.1, 0.15) is 32.6 Å².